The minimum atomic E-state index is -3.61. The van der Waals surface area contributed by atoms with Crippen LogP contribution in [0.25, 0.3) is 0 Å². The SMILES string of the molecule is CCCCN1CCS(=O)(=O)c2c(Cl)c(N3CCN(CC)CC3)nc(Oc3ccc(C#N)cc3)c21. The van der Waals surface area contributed by atoms with Gasteiger partial charge in [0.2, 0.25) is 5.88 Å². The monoisotopic (exact) mass is 503 g/mol. The van der Waals surface area contributed by atoms with Crippen LogP contribution in [0.3, 0.4) is 0 Å². The fraction of sp³-hybridized carbons (Fsp3) is 0.500. The second-order valence-corrected chi connectivity index (χ2v) is 11.0. The maximum Gasteiger partial charge on any atom is 0.246 e. The molecule has 1 saturated heterocycles. The van der Waals surface area contributed by atoms with Gasteiger partial charge in [0.25, 0.3) is 0 Å². The predicted molar refractivity (Wildman–Crippen MR) is 134 cm³/mol. The maximum atomic E-state index is 13.3. The molecule has 34 heavy (non-hydrogen) atoms. The number of hydrogen-bond acceptors (Lipinski definition) is 8. The highest BCUT2D eigenvalue weighted by Crippen LogP contribution is 2.47. The molecule has 1 fully saturated rings. The van der Waals surface area contributed by atoms with Crippen molar-refractivity contribution < 1.29 is 13.2 Å². The van der Waals surface area contributed by atoms with Gasteiger partial charge in [-0.15, -0.1) is 0 Å². The summed E-state index contributed by atoms with van der Waals surface area (Å²) < 4.78 is 32.7. The molecular weight excluding hydrogens is 474 g/mol. The van der Waals surface area contributed by atoms with Crippen molar-refractivity contribution in [1.29, 1.82) is 5.26 Å². The van der Waals surface area contributed by atoms with Gasteiger partial charge in [-0.05, 0) is 37.2 Å². The third-order valence-corrected chi connectivity index (χ3v) is 8.59. The lowest BCUT2D eigenvalue weighted by atomic mass is 10.2. The summed E-state index contributed by atoms with van der Waals surface area (Å²) in [4.78, 5) is 11.3. The van der Waals surface area contributed by atoms with Gasteiger partial charge in [0, 0.05) is 39.3 Å². The molecule has 0 N–H and O–H groups in total. The second kappa shape index (κ2) is 10.4. The molecule has 0 aliphatic carbocycles. The molecule has 182 valence electrons. The summed E-state index contributed by atoms with van der Waals surface area (Å²) in [7, 11) is -3.61. The molecule has 2 aromatic rings. The van der Waals surface area contributed by atoms with Crippen LogP contribution >= 0.6 is 11.6 Å². The average Bonchev–Trinajstić information content (AvgIpc) is 2.85. The Morgan fingerprint density at radius 1 is 1.12 bits per heavy atom. The summed E-state index contributed by atoms with van der Waals surface area (Å²) in [6, 6.07) is 8.79. The summed E-state index contributed by atoms with van der Waals surface area (Å²) in [5, 5.41) is 9.27. The number of fused-ring (bicyclic) bond motifs is 1. The largest absolute Gasteiger partial charge is 0.437 e. The molecule has 0 saturated carbocycles. The first-order valence-electron chi connectivity index (χ1n) is 11.7. The van der Waals surface area contributed by atoms with Crippen LogP contribution in [0.1, 0.15) is 32.3 Å². The number of halogens is 1. The van der Waals surface area contributed by atoms with E-state index in [9.17, 15) is 8.42 Å². The fourth-order valence-electron chi connectivity index (χ4n) is 4.35. The lowest BCUT2D eigenvalue weighted by Crippen LogP contribution is -2.46. The second-order valence-electron chi connectivity index (χ2n) is 8.55. The first-order chi connectivity index (χ1) is 16.4. The van der Waals surface area contributed by atoms with Crippen molar-refractivity contribution in [1.82, 2.24) is 9.88 Å². The van der Waals surface area contributed by atoms with Gasteiger partial charge in [-0.1, -0.05) is 31.9 Å². The van der Waals surface area contributed by atoms with Crippen LogP contribution in [0, 0.1) is 11.3 Å². The zero-order valence-electron chi connectivity index (χ0n) is 19.6. The zero-order valence-corrected chi connectivity index (χ0v) is 21.2. The Kier molecular flexibility index (Phi) is 7.51. The van der Waals surface area contributed by atoms with Crippen molar-refractivity contribution >= 4 is 32.9 Å². The summed E-state index contributed by atoms with van der Waals surface area (Å²) in [5.74, 6) is 1.17. The van der Waals surface area contributed by atoms with Crippen molar-refractivity contribution in [2.45, 2.75) is 31.6 Å². The van der Waals surface area contributed by atoms with Gasteiger partial charge in [-0.2, -0.15) is 10.2 Å². The highest BCUT2D eigenvalue weighted by atomic mass is 35.5. The molecule has 1 aromatic carbocycles. The number of nitrogens with zero attached hydrogens (tertiary/aromatic N) is 5. The molecule has 3 heterocycles. The molecule has 10 heteroatoms. The normalized spacial score (nSPS) is 17.8. The van der Waals surface area contributed by atoms with Crippen molar-refractivity contribution in [3.8, 4) is 17.7 Å². The molecule has 0 radical (unpaired) electrons. The average molecular weight is 504 g/mol. The van der Waals surface area contributed by atoms with E-state index in [1.807, 2.05) is 9.80 Å². The fourth-order valence-corrected chi connectivity index (χ4v) is 6.49. The van der Waals surface area contributed by atoms with E-state index in [1.54, 1.807) is 24.3 Å². The minimum absolute atomic E-state index is 0.00675. The van der Waals surface area contributed by atoms with E-state index in [1.165, 1.54) is 0 Å². The van der Waals surface area contributed by atoms with E-state index in [-0.39, 0.29) is 21.6 Å². The molecule has 0 spiro atoms. The Balaban J connectivity index is 1.83. The number of piperazine rings is 1. The van der Waals surface area contributed by atoms with Gasteiger partial charge in [0.1, 0.15) is 21.4 Å². The first kappa shape index (κ1) is 24.6. The molecule has 0 unspecified atom stereocenters. The van der Waals surface area contributed by atoms with Crippen LogP contribution in [0.4, 0.5) is 11.5 Å². The van der Waals surface area contributed by atoms with Gasteiger partial charge in [-0.3, -0.25) is 0 Å². The highest BCUT2D eigenvalue weighted by molar-refractivity contribution is 7.91. The quantitative estimate of drug-likeness (QED) is 0.561. The predicted octanol–water partition coefficient (Wildman–Crippen LogP) is 3.93. The van der Waals surface area contributed by atoms with Crippen molar-refractivity contribution in [2.24, 2.45) is 0 Å². The summed E-state index contributed by atoms with van der Waals surface area (Å²) >= 11 is 6.81. The number of pyridine rings is 1. The molecule has 0 amide bonds. The highest BCUT2D eigenvalue weighted by Gasteiger charge is 2.37. The van der Waals surface area contributed by atoms with E-state index in [2.05, 4.69) is 24.8 Å². The number of hydrogen-bond donors (Lipinski definition) is 0. The van der Waals surface area contributed by atoms with Crippen molar-refractivity contribution in [2.75, 3.05) is 61.4 Å². The minimum Gasteiger partial charge on any atom is -0.437 e. The standard InChI is InChI=1S/C24H30ClN5O3S/c1-3-5-10-29-15-16-34(31,32)22-20(25)23(30-13-11-28(4-2)12-14-30)27-24(21(22)29)33-19-8-6-18(17-26)7-9-19/h6-9H,3-5,10-16H2,1-2H3. The molecule has 8 nitrogen and oxygen atoms in total. The zero-order chi connectivity index (χ0) is 24.3. The number of benzene rings is 1. The Morgan fingerprint density at radius 3 is 2.44 bits per heavy atom. The van der Waals surface area contributed by atoms with E-state index < -0.39 is 9.84 Å². The number of rotatable bonds is 7. The van der Waals surface area contributed by atoms with E-state index in [0.717, 1.165) is 32.5 Å². The van der Waals surface area contributed by atoms with Gasteiger partial charge < -0.3 is 19.4 Å². The number of unbranched alkanes of at least 4 members (excludes halogenated alkanes) is 1. The Hall–Kier alpha value is -2.54. The third kappa shape index (κ3) is 4.95. The van der Waals surface area contributed by atoms with Crippen LogP contribution < -0.4 is 14.5 Å². The van der Waals surface area contributed by atoms with Crippen LogP contribution in [-0.2, 0) is 9.84 Å². The topological polar surface area (TPSA) is 89.8 Å². The lowest BCUT2D eigenvalue weighted by Gasteiger charge is -2.37. The maximum absolute atomic E-state index is 13.3. The molecule has 0 bridgehead atoms. The molecule has 2 aliphatic heterocycles. The first-order valence-corrected chi connectivity index (χ1v) is 13.8. The van der Waals surface area contributed by atoms with Crippen molar-refractivity contribution in [3.63, 3.8) is 0 Å². The van der Waals surface area contributed by atoms with Gasteiger partial charge in [0.05, 0.1) is 17.4 Å². The van der Waals surface area contributed by atoms with Crippen LogP contribution in [-0.4, -0.2) is 69.9 Å². The van der Waals surface area contributed by atoms with Crippen LogP contribution in [0.2, 0.25) is 5.02 Å². The van der Waals surface area contributed by atoms with E-state index in [0.29, 0.717) is 49.0 Å². The van der Waals surface area contributed by atoms with Gasteiger partial charge in [0.15, 0.2) is 15.7 Å². The Bertz CT molecular complexity index is 1170. The van der Waals surface area contributed by atoms with Crippen molar-refractivity contribution in [3.05, 3.63) is 34.9 Å². The number of nitriles is 1. The van der Waals surface area contributed by atoms with Gasteiger partial charge in [-0.25, -0.2) is 8.42 Å². The number of ether oxygens (including phenoxy) is 1. The summed E-state index contributed by atoms with van der Waals surface area (Å²) in [5.41, 5.74) is 0.949. The summed E-state index contributed by atoms with van der Waals surface area (Å²) in [6.45, 7) is 9.36. The molecular formula is C24H30ClN5O3S. The smallest absolute Gasteiger partial charge is 0.246 e. The number of aromatic nitrogens is 1. The van der Waals surface area contributed by atoms with Gasteiger partial charge >= 0.3 is 0 Å². The lowest BCUT2D eigenvalue weighted by molar-refractivity contribution is 0.270. The van der Waals surface area contributed by atoms with Crippen LogP contribution in [0.5, 0.6) is 11.6 Å². The molecule has 0 atom stereocenters. The molecule has 1 aromatic heterocycles. The number of likely N-dealkylation sites (N-methyl/N-ethyl adjacent to an activating group) is 1. The number of anilines is 2. The summed E-state index contributed by atoms with van der Waals surface area (Å²) in [6.07, 6.45) is 1.89. The Labute approximate surface area is 206 Å². The van der Waals surface area contributed by atoms with E-state index in [4.69, 9.17) is 26.6 Å². The molecule has 4 rings (SSSR count). The Morgan fingerprint density at radius 2 is 1.82 bits per heavy atom. The molecule has 2 aliphatic rings. The van der Waals surface area contributed by atoms with E-state index >= 15 is 0 Å². The third-order valence-electron chi connectivity index (χ3n) is 6.38. The van der Waals surface area contributed by atoms with Crippen LogP contribution in [0.15, 0.2) is 29.2 Å². The number of sulfone groups is 1.